The molecule has 0 saturated heterocycles. The van der Waals surface area contributed by atoms with Gasteiger partial charge in [-0.1, -0.05) is 54.2 Å². The minimum Gasteiger partial charge on any atom is -0.468 e. The van der Waals surface area contributed by atoms with Gasteiger partial charge in [-0.05, 0) is 35.9 Å². The Labute approximate surface area is 135 Å². The third-order valence-corrected chi connectivity index (χ3v) is 4.08. The lowest BCUT2D eigenvalue weighted by Crippen LogP contribution is -2.12. The molecule has 2 aromatic carbocycles. The van der Waals surface area contributed by atoms with Gasteiger partial charge in [-0.25, -0.2) is 0 Å². The second-order valence-corrected chi connectivity index (χ2v) is 5.70. The molecule has 3 nitrogen and oxygen atoms in total. The summed E-state index contributed by atoms with van der Waals surface area (Å²) in [7, 11) is 1.59. The smallest absolute Gasteiger partial charge is 0.196 e. The van der Waals surface area contributed by atoms with E-state index >= 15 is 0 Å². The molecule has 0 N–H and O–H groups in total. The number of hydrogen-bond donors (Lipinski definition) is 0. The summed E-state index contributed by atoms with van der Waals surface area (Å²) < 4.78 is 10.2. The number of methoxy groups -OCH3 is 1. The predicted octanol–water partition coefficient (Wildman–Crippen LogP) is 3.89. The summed E-state index contributed by atoms with van der Waals surface area (Å²) in [5.74, 6) is 0.639. The first kappa shape index (κ1) is 16.6. The van der Waals surface area contributed by atoms with Crippen LogP contribution in [0.2, 0.25) is 0 Å². The quantitative estimate of drug-likeness (QED) is 0.726. The Bertz CT molecular complexity index is 581. The first-order chi connectivity index (χ1) is 10.7. The third-order valence-electron chi connectivity index (χ3n) is 3.39. The lowest BCUT2D eigenvalue weighted by molar-refractivity contribution is -0.112. The Morgan fingerprint density at radius 3 is 2.36 bits per heavy atom. The van der Waals surface area contributed by atoms with Crippen LogP contribution in [0.25, 0.3) is 0 Å². The molecule has 0 radical (unpaired) electrons. The number of hydrogen-bond acceptors (Lipinski definition) is 4. The van der Waals surface area contributed by atoms with Crippen molar-refractivity contribution in [2.75, 3.05) is 20.2 Å². The van der Waals surface area contributed by atoms with Crippen LogP contribution in [0.3, 0.4) is 0 Å². The maximum absolute atomic E-state index is 12.2. The molecule has 1 atom stereocenters. The van der Waals surface area contributed by atoms with E-state index < -0.39 is 0 Å². The van der Waals surface area contributed by atoms with Crippen LogP contribution >= 0.6 is 11.8 Å². The summed E-state index contributed by atoms with van der Waals surface area (Å²) in [5, 5.41) is 0.186. The number of thioether (sulfide) groups is 1. The predicted molar refractivity (Wildman–Crippen MR) is 90.4 cm³/mol. The maximum Gasteiger partial charge on any atom is 0.196 e. The molecule has 22 heavy (non-hydrogen) atoms. The van der Waals surface area contributed by atoms with E-state index in [1.165, 1.54) is 11.8 Å². The molecule has 0 bridgehead atoms. The SMILES string of the molecule is COCOc1ccc(CC(C(=O)SC)c2ccccc2)cc1. The van der Waals surface area contributed by atoms with Crippen molar-refractivity contribution in [1.29, 1.82) is 0 Å². The lowest BCUT2D eigenvalue weighted by Gasteiger charge is -2.15. The van der Waals surface area contributed by atoms with Gasteiger partial charge in [0.15, 0.2) is 11.9 Å². The van der Waals surface area contributed by atoms with Gasteiger partial charge in [-0.2, -0.15) is 0 Å². The van der Waals surface area contributed by atoms with Crippen molar-refractivity contribution in [2.24, 2.45) is 0 Å². The molecule has 0 spiro atoms. The van der Waals surface area contributed by atoms with E-state index in [0.29, 0.717) is 6.42 Å². The van der Waals surface area contributed by atoms with Crippen LogP contribution < -0.4 is 4.74 Å². The molecule has 0 aliphatic carbocycles. The molecule has 0 fully saturated rings. The van der Waals surface area contributed by atoms with Gasteiger partial charge in [0.1, 0.15) is 5.75 Å². The zero-order valence-electron chi connectivity index (χ0n) is 12.8. The topological polar surface area (TPSA) is 35.5 Å². The van der Waals surface area contributed by atoms with E-state index in [1.807, 2.05) is 60.9 Å². The van der Waals surface area contributed by atoms with Crippen LogP contribution in [0.4, 0.5) is 0 Å². The van der Waals surface area contributed by atoms with Crippen LogP contribution in [0.1, 0.15) is 17.0 Å². The monoisotopic (exact) mass is 316 g/mol. The molecule has 2 rings (SSSR count). The van der Waals surface area contributed by atoms with Gasteiger partial charge in [-0.15, -0.1) is 0 Å². The van der Waals surface area contributed by atoms with Gasteiger partial charge < -0.3 is 9.47 Å². The lowest BCUT2D eigenvalue weighted by atomic mass is 9.93. The van der Waals surface area contributed by atoms with E-state index in [2.05, 4.69) is 0 Å². The molecular formula is C18H20O3S. The molecule has 0 aliphatic heterocycles. The van der Waals surface area contributed by atoms with Crippen molar-refractivity contribution < 1.29 is 14.3 Å². The van der Waals surface area contributed by atoms with Crippen molar-refractivity contribution >= 4 is 16.9 Å². The Morgan fingerprint density at radius 1 is 1.09 bits per heavy atom. The highest BCUT2D eigenvalue weighted by Crippen LogP contribution is 2.26. The van der Waals surface area contributed by atoms with E-state index in [9.17, 15) is 4.79 Å². The highest BCUT2D eigenvalue weighted by Gasteiger charge is 2.20. The summed E-state index contributed by atoms with van der Waals surface area (Å²) >= 11 is 1.28. The molecule has 0 aliphatic rings. The number of benzene rings is 2. The summed E-state index contributed by atoms with van der Waals surface area (Å²) in [6.45, 7) is 0.233. The van der Waals surface area contributed by atoms with Crippen LogP contribution in [0.15, 0.2) is 54.6 Å². The normalized spacial score (nSPS) is 11.9. The fraction of sp³-hybridized carbons (Fsp3) is 0.278. The Morgan fingerprint density at radius 2 is 1.77 bits per heavy atom. The highest BCUT2D eigenvalue weighted by molar-refractivity contribution is 8.13. The Kier molecular flexibility index (Phi) is 6.49. The summed E-state index contributed by atoms with van der Waals surface area (Å²) in [4.78, 5) is 12.2. The molecule has 4 heteroatoms. The van der Waals surface area contributed by atoms with Gasteiger partial charge >= 0.3 is 0 Å². The molecule has 0 aromatic heterocycles. The zero-order chi connectivity index (χ0) is 15.8. The molecule has 0 amide bonds. The second kappa shape index (κ2) is 8.61. The van der Waals surface area contributed by atoms with E-state index in [1.54, 1.807) is 7.11 Å². The van der Waals surface area contributed by atoms with Gasteiger partial charge in [0.25, 0.3) is 0 Å². The average molecular weight is 316 g/mol. The van der Waals surface area contributed by atoms with Crippen LogP contribution in [-0.2, 0) is 16.0 Å². The molecule has 0 saturated carbocycles. The Balaban J connectivity index is 2.12. The standard InChI is InChI=1S/C18H20O3S/c1-20-13-21-16-10-8-14(9-11-16)12-17(18(19)22-2)15-6-4-3-5-7-15/h3-11,17H,12-13H2,1-2H3. The molecular weight excluding hydrogens is 296 g/mol. The largest absolute Gasteiger partial charge is 0.468 e. The minimum absolute atomic E-state index is 0.123. The second-order valence-electron chi connectivity index (χ2n) is 4.89. The van der Waals surface area contributed by atoms with Crippen molar-refractivity contribution in [3.8, 4) is 5.75 Å². The van der Waals surface area contributed by atoms with Gasteiger partial charge in [-0.3, -0.25) is 4.79 Å². The van der Waals surface area contributed by atoms with Crippen molar-refractivity contribution in [2.45, 2.75) is 12.3 Å². The van der Waals surface area contributed by atoms with Crippen molar-refractivity contribution in [3.63, 3.8) is 0 Å². The summed E-state index contributed by atoms with van der Waals surface area (Å²) in [6, 6.07) is 17.7. The number of rotatable bonds is 7. The van der Waals surface area contributed by atoms with E-state index in [-0.39, 0.29) is 17.8 Å². The number of carbonyl (C=O) groups is 1. The molecule has 0 heterocycles. The molecule has 116 valence electrons. The van der Waals surface area contributed by atoms with Gasteiger partial charge in [0.2, 0.25) is 0 Å². The number of ether oxygens (including phenoxy) is 2. The van der Waals surface area contributed by atoms with Gasteiger partial charge in [0.05, 0.1) is 5.92 Å². The maximum atomic E-state index is 12.2. The number of carbonyl (C=O) groups excluding carboxylic acids is 1. The molecule has 1 unspecified atom stereocenters. The first-order valence-corrected chi connectivity index (χ1v) is 8.30. The Hall–Kier alpha value is -1.78. The van der Waals surface area contributed by atoms with Crippen molar-refractivity contribution in [3.05, 3.63) is 65.7 Å². The minimum atomic E-state index is -0.123. The fourth-order valence-electron chi connectivity index (χ4n) is 2.25. The first-order valence-electron chi connectivity index (χ1n) is 7.08. The highest BCUT2D eigenvalue weighted by atomic mass is 32.2. The van der Waals surface area contributed by atoms with Gasteiger partial charge in [0, 0.05) is 7.11 Å². The van der Waals surface area contributed by atoms with Crippen LogP contribution in [-0.4, -0.2) is 25.3 Å². The van der Waals surface area contributed by atoms with Crippen LogP contribution in [0.5, 0.6) is 5.75 Å². The van der Waals surface area contributed by atoms with Crippen molar-refractivity contribution in [1.82, 2.24) is 0 Å². The summed E-state index contributed by atoms with van der Waals surface area (Å²) in [5.41, 5.74) is 2.17. The van der Waals surface area contributed by atoms with Crippen LogP contribution in [0, 0.1) is 0 Å². The summed E-state index contributed by atoms with van der Waals surface area (Å²) in [6.07, 6.45) is 2.52. The average Bonchev–Trinajstić information content (AvgIpc) is 2.59. The van der Waals surface area contributed by atoms with E-state index in [0.717, 1.165) is 16.9 Å². The molecule has 2 aromatic rings. The third kappa shape index (κ3) is 4.61. The zero-order valence-corrected chi connectivity index (χ0v) is 13.6. The van der Waals surface area contributed by atoms with E-state index in [4.69, 9.17) is 9.47 Å². The fourth-order valence-corrected chi connectivity index (χ4v) is 2.75.